The summed E-state index contributed by atoms with van der Waals surface area (Å²) < 4.78 is 10.7. The van der Waals surface area contributed by atoms with E-state index in [4.69, 9.17) is 32.5 Å². The van der Waals surface area contributed by atoms with Crippen LogP contribution in [0, 0.1) is 0 Å². The Morgan fingerprint density at radius 2 is 2.26 bits per heavy atom. The van der Waals surface area contributed by atoms with Gasteiger partial charge in [0.25, 0.3) is 5.89 Å². The Balaban J connectivity index is 1.87. The lowest BCUT2D eigenvalue weighted by Crippen LogP contribution is -2.33. The van der Waals surface area contributed by atoms with Crippen molar-refractivity contribution in [3.63, 3.8) is 0 Å². The number of rotatable bonds is 2. The van der Waals surface area contributed by atoms with E-state index in [1.165, 1.54) is 6.20 Å². The molecule has 1 saturated heterocycles. The third kappa shape index (κ3) is 2.71. The number of ether oxygens (including phenoxy) is 1. The van der Waals surface area contributed by atoms with Crippen LogP contribution in [-0.2, 0) is 4.74 Å². The summed E-state index contributed by atoms with van der Waals surface area (Å²) >= 11 is 11.8. The molecule has 1 unspecified atom stereocenters. The molecule has 0 spiro atoms. The minimum atomic E-state index is -0.235. The van der Waals surface area contributed by atoms with Crippen molar-refractivity contribution >= 4 is 23.2 Å². The average molecular weight is 301 g/mol. The predicted molar refractivity (Wildman–Crippen MR) is 69.1 cm³/mol. The lowest BCUT2D eigenvalue weighted by atomic mass is 10.3. The maximum Gasteiger partial charge on any atom is 0.257 e. The fourth-order valence-electron chi connectivity index (χ4n) is 1.77. The molecule has 100 valence electrons. The van der Waals surface area contributed by atoms with Crippen LogP contribution in [0.15, 0.2) is 16.8 Å². The van der Waals surface area contributed by atoms with Gasteiger partial charge in [-0.15, -0.1) is 0 Å². The molecule has 0 aromatic carbocycles. The number of morpholine rings is 1. The second kappa shape index (κ2) is 5.42. The van der Waals surface area contributed by atoms with E-state index in [-0.39, 0.29) is 6.10 Å². The molecular weight excluding hydrogens is 291 g/mol. The molecule has 8 heteroatoms. The van der Waals surface area contributed by atoms with Crippen molar-refractivity contribution in [3.05, 3.63) is 28.2 Å². The van der Waals surface area contributed by atoms with Crippen LogP contribution >= 0.6 is 23.2 Å². The number of aromatic nitrogens is 3. The summed E-state index contributed by atoms with van der Waals surface area (Å²) in [6.07, 6.45) is 1.25. The van der Waals surface area contributed by atoms with Crippen molar-refractivity contribution in [1.29, 1.82) is 0 Å². The molecule has 19 heavy (non-hydrogen) atoms. The number of halogens is 2. The van der Waals surface area contributed by atoms with E-state index in [1.807, 2.05) is 0 Å². The molecule has 2 aromatic rings. The Hall–Kier alpha value is -1.21. The topological polar surface area (TPSA) is 73.1 Å². The molecule has 0 amide bonds. The lowest BCUT2D eigenvalue weighted by molar-refractivity contribution is 0.00755. The lowest BCUT2D eigenvalue weighted by Gasteiger charge is -2.19. The minimum absolute atomic E-state index is 0.235. The molecule has 1 atom stereocenters. The molecule has 1 aliphatic rings. The van der Waals surface area contributed by atoms with Gasteiger partial charge in [-0.2, -0.15) is 4.98 Å². The predicted octanol–water partition coefficient (Wildman–Crippen LogP) is 2.10. The maximum absolute atomic E-state index is 6.05. The van der Waals surface area contributed by atoms with E-state index in [0.29, 0.717) is 40.6 Å². The molecule has 1 fully saturated rings. The monoisotopic (exact) mass is 300 g/mol. The zero-order valence-electron chi connectivity index (χ0n) is 9.77. The molecular formula is C11H10Cl2N4O2. The van der Waals surface area contributed by atoms with E-state index in [1.54, 1.807) is 6.07 Å². The van der Waals surface area contributed by atoms with Gasteiger partial charge in [0.05, 0.1) is 16.7 Å². The molecule has 1 N–H and O–H groups in total. The molecule has 0 bridgehead atoms. The number of nitrogens with zero attached hydrogens (tertiary/aromatic N) is 3. The number of nitrogens with one attached hydrogen (secondary N) is 1. The first-order valence-electron chi connectivity index (χ1n) is 5.71. The SMILES string of the molecule is Clc1cnc(-c2noc(C3CNCCO3)n2)c(Cl)c1. The molecule has 0 aliphatic carbocycles. The van der Waals surface area contributed by atoms with E-state index in [9.17, 15) is 0 Å². The standard InChI is InChI=1S/C11H10Cl2N4O2/c12-6-3-7(13)9(15-4-6)10-16-11(19-17-10)8-5-14-1-2-18-8/h3-4,8,14H,1-2,5H2. The van der Waals surface area contributed by atoms with Gasteiger partial charge in [-0.25, -0.2) is 4.98 Å². The summed E-state index contributed by atoms with van der Waals surface area (Å²) in [5, 5.41) is 7.89. The van der Waals surface area contributed by atoms with Gasteiger partial charge in [-0.3, -0.25) is 0 Å². The summed E-state index contributed by atoms with van der Waals surface area (Å²) in [5.41, 5.74) is 0.435. The van der Waals surface area contributed by atoms with Crippen molar-refractivity contribution in [2.45, 2.75) is 6.10 Å². The Labute approximate surface area is 119 Å². The second-order valence-electron chi connectivity index (χ2n) is 4.00. The summed E-state index contributed by atoms with van der Waals surface area (Å²) in [6.45, 7) is 2.08. The molecule has 2 aromatic heterocycles. The first-order valence-corrected chi connectivity index (χ1v) is 6.47. The normalized spacial score (nSPS) is 19.6. The third-order valence-electron chi connectivity index (χ3n) is 2.66. The van der Waals surface area contributed by atoms with Gasteiger partial charge in [-0.1, -0.05) is 28.4 Å². The van der Waals surface area contributed by atoms with Gasteiger partial charge in [-0.05, 0) is 6.07 Å². The highest BCUT2D eigenvalue weighted by molar-refractivity contribution is 6.35. The largest absolute Gasteiger partial charge is 0.366 e. The van der Waals surface area contributed by atoms with Gasteiger partial charge in [0.2, 0.25) is 5.82 Å². The van der Waals surface area contributed by atoms with Crippen LogP contribution in [0.1, 0.15) is 12.0 Å². The summed E-state index contributed by atoms with van der Waals surface area (Å²) in [7, 11) is 0. The van der Waals surface area contributed by atoms with Crippen LogP contribution in [0.5, 0.6) is 0 Å². The van der Waals surface area contributed by atoms with Crippen LogP contribution in [0.2, 0.25) is 10.0 Å². The summed E-state index contributed by atoms with van der Waals surface area (Å²) in [4.78, 5) is 8.36. The van der Waals surface area contributed by atoms with Crippen LogP contribution in [0.25, 0.3) is 11.5 Å². The fourth-order valence-corrected chi connectivity index (χ4v) is 2.23. The van der Waals surface area contributed by atoms with E-state index < -0.39 is 0 Å². The van der Waals surface area contributed by atoms with Gasteiger partial charge in [0, 0.05) is 19.3 Å². The highest BCUT2D eigenvalue weighted by atomic mass is 35.5. The van der Waals surface area contributed by atoms with Gasteiger partial charge in [0.15, 0.2) is 0 Å². The Kier molecular flexibility index (Phi) is 3.65. The molecule has 1 aliphatic heterocycles. The van der Waals surface area contributed by atoms with E-state index >= 15 is 0 Å². The minimum Gasteiger partial charge on any atom is -0.366 e. The van der Waals surface area contributed by atoms with E-state index in [2.05, 4.69) is 20.4 Å². The first kappa shape index (κ1) is 12.8. The van der Waals surface area contributed by atoms with Crippen molar-refractivity contribution in [1.82, 2.24) is 20.4 Å². The Bertz CT molecular complexity index is 584. The zero-order chi connectivity index (χ0) is 13.2. The summed E-state index contributed by atoms with van der Waals surface area (Å²) in [5.74, 6) is 0.737. The highest BCUT2D eigenvalue weighted by Crippen LogP contribution is 2.27. The number of pyridine rings is 1. The van der Waals surface area contributed by atoms with Crippen LogP contribution in [0.4, 0.5) is 0 Å². The number of hydrogen-bond donors (Lipinski definition) is 1. The smallest absolute Gasteiger partial charge is 0.257 e. The Morgan fingerprint density at radius 3 is 3.00 bits per heavy atom. The number of hydrogen-bond acceptors (Lipinski definition) is 6. The van der Waals surface area contributed by atoms with Crippen LogP contribution in [-0.4, -0.2) is 34.8 Å². The van der Waals surface area contributed by atoms with Crippen molar-refractivity contribution < 1.29 is 9.26 Å². The zero-order valence-corrected chi connectivity index (χ0v) is 11.3. The quantitative estimate of drug-likeness (QED) is 0.915. The van der Waals surface area contributed by atoms with Crippen LogP contribution in [0.3, 0.4) is 0 Å². The van der Waals surface area contributed by atoms with Gasteiger partial charge in [0.1, 0.15) is 11.8 Å². The molecule has 0 saturated carbocycles. The second-order valence-corrected chi connectivity index (χ2v) is 4.85. The van der Waals surface area contributed by atoms with Crippen molar-refractivity contribution in [2.24, 2.45) is 0 Å². The molecule has 6 nitrogen and oxygen atoms in total. The molecule has 3 rings (SSSR count). The first-order chi connectivity index (χ1) is 9.24. The average Bonchev–Trinajstić information content (AvgIpc) is 2.89. The van der Waals surface area contributed by atoms with Crippen molar-refractivity contribution in [3.8, 4) is 11.5 Å². The van der Waals surface area contributed by atoms with Gasteiger partial charge >= 0.3 is 0 Å². The van der Waals surface area contributed by atoms with Gasteiger partial charge < -0.3 is 14.6 Å². The van der Waals surface area contributed by atoms with Crippen LogP contribution < -0.4 is 5.32 Å². The van der Waals surface area contributed by atoms with E-state index in [0.717, 1.165) is 6.54 Å². The Morgan fingerprint density at radius 1 is 1.37 bits per heavy atom. The molecule has 3 heterocycles. The highest BCUT2D eigenvalue weighted by Gasteiger charge is 2.23. The third-order valence-corrected chi connectivity index (χ3v) is 3.16. The molecule has 0 radical (unpaired) electrons. The fraction of sp³-hybridized carbons (Fsp3) is 0.364. The van der Waals surface area contributed by atoms with Crippen molar-refractivity contribution in [2.75, 3.05) is 19.7 Å². The summed E-state index contributed by atoms with van der Waals surface area (Å²) in [6, 6.07) is 1.58. The maximum atomic E-state index is 6.05.